The molecular formula is C20H25NO5. The van der Waals surface area contributed by atoms with Crippen LogP contribution in [-0.4, -0.2) is 49.4 Å². The third kappa shape index (κ3) is 2.46. The van der Waals surface area contributed by atoms with Crippen molar-refractivity contribution in [3.05, 3.63) is 29.8 Å². The van der Waals surface area contributed by atoms with Gasteiger partial charge in [0.25, 0.3) is 0 Å². The van der Waals surface area contributed by atoms with Crippen molar-refractivity contribution in [2.75, 3.05) is 26.8 Å². The van der Waals surface area contributed by atoms with Crippen LogP contribution in [0.1, 0.15) is 38.7 Å². The molecule has 1 atom stereocenters. The molecular weight excluding hydrogens is 334 g/mol. The minimum Gasteiger partial charge on any atom is -0.497 e. The monoisotopic (exact) mass is 359 g/mol. The van der Waals surface area contributed by atoms with Gasteiger partial charge in [0, 0.05) is 25.9 Å². The summed E-state index contributed by atoms with van der Waals surface area (Å²) in [6.45, 7) is 5.76. The number of methoxy groups -OCH3 is 1. The lowest BCUT2D eigenvalue weighted by Gasteiger charge is -2.38. The molecule has 1 spiro atoms. The van der Waals surface area contributed by atoms with Crippen LogP contribution >= 0.6 is 0 Å². The Morgan fingerprint density at radius 3 is 2.23 bits per heavy atom. The number of carbonyl (C=O) groups is 2. The molecule has 0 radical (unpaired) electrons. The standard InChI is InChI=1S/C20H25NO5/c1-18(2)12-20(18,14-4-6-15(24-3)7-5-14)16(22)21-10-8-19(9-11-21)13-25-17(23)26-19/h4-7H,8-13H2,1-3H3. The molecule has 0 N–H and O–H groups in total. The number of ether oxygens (including phenoxy) is 3. The number of likely N-dealkylation sites (tertiary alicyclic amines) is 1. The highest BCUT2D eigenvalue weighted by atomic mass is 16.8. The van der Waals surface area contributed by atoms with E-state index in [0.717, 1.165) is 17.7 Å². The maximum absolute atomic E-state index is 13.5. The second-order valence-corrected chi connectivity index (χ2v) is 8.31. The smallest absolute Gasteiger partial charge is 0.497 e. The van der Waals surface area contributed by atoms with E-state index in [0.29, 0.717) is 32.5 Å². The fourth-order valence-electron chi connectivity index (χ4n) is 4.54. The quantitative estimate of drug-likeness (QED) is 0.777. The van der Waals surface area contributed by atoms with Crippen LogP contribution in [0.5, 0.6) is 5.75 Å². The van der Waals surface area contributed by atoms with Gasteiger partial charge in [-0.25, -0.2) is 4.79 Å². The van der Waals surface area contributed by atoms with Crippen molar-refractivity contribution in [1.82, 2.24) is 4.90 Å². The summed E-state index contributed by atoms with van der Waals surface area (Å²) in [6.07, 6.45) is 1.50. The summed E-state index contributed by atoms with van der Waals surface area (Å²) in [6, 6.07) is 7.84. The fraction of sp³-hybridized carbons (Fsp3) is 0.600. The number of amides is 1. The van der Waals surface area contributed by atoms with Gasteiger partial charge in [0.1, 0.15) is 12.4 Å². The molecule has 1 aromatic rings. The summed E-state index contributed by atoms with van der Waals surface area (Å²) in [7, 11) is 1.64. The van der Waals surface area contributed by atoms with Crippen molar-refractivity contribution in [1.29, 1.82) is 0 Å². The summed E-state index contributed by atoms with van der Waals surface area (Å²) < 4.78 is 15.6. The lowest BCUT2D eigenvalue weighted by molar-refractivity contribution is -0.138. The van der Waals surface area contributed by atoms with Crippen LogP contribution in [0.15, 0.2) is 24.3 Å². The van der Waals surface area contributed by atoms with Crippen LogP contribution in [0.2, 0.25) is 0 Å². The van der Waals surface area contributed by atoms with Gasteiger partial charge in [0.05, 0.1) is 12.5 Å². The van der Waals surface area contributed by atoms with E-state index in [9.17, 15) is 9.59 Å². The average molecular weight is 359 g/mol. The zero-order chi connectivity index (χ0) is 18.6. The van der Waals surface area contributed by atoms with E-state index < -0.39 is 17.2 Å². The van der Waals surface area contributed by atoms with Crippen molar-refractivity contribution >= 4 is 12.1 Å². The van der Waals surface area contributed by atoms with Crippen LogP contribution < -0.4 is 4.74 Å². The lowest BCUT2D eigenvalue weighted by Crippen LogP contribution is -2.51. The Balaban J connectivity index is 1.53. The van der Waals surface area contributed by atoms with Crippen LogP contribution in [-0.2, 0) is 19.7 Å². The molecule has 2 saturated heterocycles. The molecule has 4 rings (SSSR count). The van der Waals surface area contributed by atoms with E-state index in [1.807, 2.05) is 29.2 Å². The Bertz CT molecular complexity index is 733. The fourth-order valence-corrected chi connectivity index (χ4v) is 4.54. The van der Waals surface area contributed by atoms with Crippen LogP contribution in [0.4, 0.5) is 4.79 Å². The number of hydrogen-bond acceptors (Lipinski definition) is 5. The van der Waals surface area contributed by atoms with Gasteiger partial charge in [-0.2, -0.15) is 0 Å². The Kier molecular flexibility index (Phi) is 3.72. The molecule has 2 aliphatic heterocycles. The van der Waals surface area contributed by atoms with Gasteiger partial charge in [-0.1, -0.05) is 26.0 Å². The molecule has 2 heterocycles. The molecule has 3 aliphatic rings. The van der Waals surface area contributed by atoms with Crippen molar-refractivity contribution in [3.8, 4) is 5.75 Å². The number of piperidine rings is 1. The normalized spacial score (nSPS) is 28.4. The SMILES string of the molecule is COc1ccc(C2(C(=O)N3CCC4(CC3)COC(=O)O4)CC2(C)C)cc1. The van der Waals surface area contributed by atoms with Crippen LogP contribution in [0, 0.1) is 5.41 Å². The van der Waals surface area contributed by atoms with E-state index in [1.54, 1.807) is 7.11 Å². The van der Waals surface area contributed by atoms with Gasteiger partial charge in [-0.15, -0.1) is 0 Å². The first kappa shape index (κ1) is 17.2. The zero-order valence-electron chi connectivity index (χ0n) is 15.5. The molecule has 6 nitrogen and oxygen atoms in total. The number of rotatable bonds is 3. The molecule has 0 aromatic heterocycles. The second-order valence-electron chi connectivity index (χ2n) is 8.31. The zero-order valence-corrected chi connectivity index (χ0v) is 15.5. The molecule has 0 bridgehead atoms. The maximum Gasteiger partial charge on any atom is 0.509 e. The Labute approximate surface area is 153 Å². The minimum atomic E-state index is -0.595. The summed E-state index contributed by atoms with van der Waals surface area (Å²) >= 11 is 0. The summed E-state index contributed by atoms with van der Waals surface area (Å²) in [4.78, 5) is 26.7. The first-order valence-electron chi connectivity index (χ1n) is 9.12. The topological polar surface area (TPSA) is 65.1 Å². The Morgan fingerprint density at radius 1 is 1.15 bits per heavy atom. The van der Waals surface area contributed by atoms with Gasteiger partial charge in [0.2, 0.25) is 5.91 Å². The molecule has 1 aliphatic carbocycles. The van der Waals surface area contributed by atoms with Crippen LogP contribution in [0.3, 0.4) is 0 Å². The van der Waals surface area contributed by atoms with Crippen LogP contribution in [0.25, 0.3) is 0 Å². The average Bonchev–Trinajstić information content (AvgIpc) is 3.06. The highest BCUT2D eigenvalue weighted by molar-refractivity contribution is 5.93. The Hall–Kier alpha value is -2.24. The van der Waals surface area contributed by atoms with Gasteiger partial charge in [-0.3, -0.25) is 4.79 Å². The van der Waals surface area contributed by atoms with Gasteiger partial charge >= 0.3 is 6.16 Å². The maximum atomic E-state index is 13.5. The highest BCUT2D eigenvalue weighted by Crippen LogP contribution is 2.65. The van der Waals surface area contributed by atoms with Crippen molar-refractivity contribution in [3.63, 3.8) is 0 Å². The summed E-state index contributed by atoms with van der Waals surface area (Å²) in [5.74, 6) is 0.963. The number of hydrogen-bond donors (Lipinski definition) is 0. The first-order valence-corrected chi connectivity index (χ1v) is 9.12. The van der Waals surface area contributed by atoms with Gasteiger partial charge < -0.3 is 19.1 Å². The van der Waals surface area contributed by atoms with Crippen molar-refractivity contribution in [2.45, 2.75) is 44.1 Å². The molecule has 6 heteroatoms. The highest BCUT2D eigenvalue weighted by Gasteiger charge is 2.68. The molecule has 1 saturated carbocycles. The number of carbonyl (C=O) groups excluding carboxylic acids is 2. The van der Waals surface area contributed by atoms with E-state index >= 15 is 0 Å². The number of nitrogens with zero attached hydrogens (tertiary/aromatic N) is 1. The van der Waals surface area contributed by atoms with Crippen molar-refractivity contribution in [2.24, 2.45) is 5.41 Å². The molecule has 1 unspecified atom stereocenters. The van der Waals surface area contributed by atoms with Gasteiger partial charge in [-0.05, 0) is 29.5 Å². The third-order valence-corrected chi connectivity index (χ3v) is 6.40. The molecule has 3 fully saturated rings. The Morgan fingerprint density at radius 2 is 1.77 bits per heavy atom. The molecule has 1 aromatic carbocycles. The summed E-state index contributed by atoms with van der Waals surface area (Å²) in [5, 5.41) is 0. The first-order chi connectivity index (χ1) is 12.3. The predicted molar refractivity (Wildman–Crippen MR) is 94.0 cm³/mol. The predicted octanol–water partition coefficient (Wildman–Crippen LogP) is 2.89. The van der Waals surface area contributed by atoms with E-state index in [1.165, 1.54) is 0 Å². The van der Waals surface area contributed by atoms with Gasteiger partial charge in [0.15, 0.2) is 5.60 Å². The van der Waals surface area contributed by atoms with Crippen molar-refractivity contribution < 1.29 is 23.8 Å². The van der Waals surface area contributed by atoms with E-state index in [-0.39, 0.29) is 11.3 Å². The molecule has 1 amide bonds. The number of benzene rings is 1. The molecule has 140 valence electrons. The summed E-state index contributed by atoms with van der Waals surface area (Å²) in [5.41, 5.74) is -0.0481. The molecule has 26 heavy (non-hydrogen) atoms. The largest absolute Gasteiger partial charge is 0.509 e. The third-order valence-electron chi connectivity index (χ3n) is 6.40. The van der Waals surface area contributed by atoms with E-state index in [4.69, 9.17) is 14.2 Å². The number of cyclic esters (lactones) is 1. The minimum absolute atomic E-state index is 0.0727. The lowest BCUT2D eigenvalue weighted by atomic mass is 9.84. The second kappa shape index (κ2) is 5.63. The van der Waals surface area contributed by atoms with E-state index in [2.05, 4.69) is 13.8 Å².